The van der Waals surface area contributed by atoms with Crippen molar-refractivity contribution in [2.24, 2.45) is 0 Å². The van der Waals surface area contributed by atoms with E-state index in [1.165, 1.54) is 12.1 Å². The van der Waals surface area contributed by atoms with E-state index in [0.717, 1.165) is 4.47 Å². The van der Waals surface area contributed by atoms with Gasteiger partial charge in [0.25, 0.3) is 5.69 Å². The Morgan fingerprint density at radius 1 is 1.00 bits per heavy atom. The van der Waals surface area contributed by atoms with Crippen LogP contribution < -0.4 is 5.46 Å². The smallest absolute Gasteiger partial charge is 0.423 e. The van der Waals surface area contributed by atoms with Crippen molar-refractivity contribution in [2.75, 3.05) is 0 Å². The highest BCUT2D eigenvalue weighted by molar-refractivity contribution is 9.10. The Labute approximate surface area is 118 Å². The summed E-state index contributed by atoms with van der Waals surface area (Å²) in [6.07, 6.45) is 0. The van der Waals surface area contributed by atoms with E-state index < -0.39 is 12.0 Å². The fourth-order valence-corrected chi connectivity index (χ4v) is 1.45. The zero-order chi connectivity index (χ0) is 14.3. The van der Waals surface area contributed by atoms with E-state index in [4.69, 9.17) is 10.0 Å². The second kappa shape index (κ2) is 7.68. The van der Waals surface area contributed by atoms with E-state index in [1.54, 1.807) is 36.4 Å². The summed E-state index contributed by atoms with van der Waals surface area (Å²) in [5.74, 6) is 0. The van der Waals surface area contributed by atoms with E-state index in [0.29, 0.717) is 5.46 Å². The van der Waals surface area contributed by atoms with Crippen LogP contribution in [0.3, 0.4) is 0 Å². The van der Waals surface area contributed by atoms with Crippen molar-refractivity contribution in [1.29, 1.82) is 0 Å². The SMILES string of the molecule is O=[N+]([O-])c1ccc(Br)cc1.OB(O)c1ccccc1. The lowest BCUT2D eigenvalue weighted by molar-refractivity contribution is -0.384. The van der Waals surface area contributed by atoms with E-state index >= 15 is 0 Å². The van der Waals surface area contributed by atoms with Crippen LogP contribution >= 0.6 is 15.9 Å². The lowest BCUT2D eigenvalue weighted by Gasteiger charge is -1.94. The van der Waals surface area contributed by atoms with Crippen LogP contribution in [0.1, 0.15) is 0 Å². The maximum atomic E-state index is 10.1. The Kier molecular flexibility index (Phi) is 6.21. The standard InChI is InChI=1S/C6H7BO2.C6H4BrNO2/c8-7(9)6-4-2-1-3-5-6;7-5-1-3-6(4-2-5)8(9)10/h1-5,8-9H;1-4H. The van der Waals surface area contributed by atoms with E-state index in [1.807, 2.05) is 6.07 Å². The number of nitro groups is 1. The molecule has 0 aliphatic rings. The fraction of sp³-hybridized carbons (Fsp3) is 0. The van der Waals surface area contributed by atoms with Crippen LogP contribution in [-0.2, 0) is 0 Å². The van der Waals surface area contributed by atoms with Gasteiger partial charge >= 0.3 is 7.12 Å². The first-order valence-corrected chi connectivity index (χ1v) is 6.11. The van der Waals surface area contributed by atoms with Gasteiger partial charge in [-0.3, -0.25) is 10.1 Å². The van der Waals surface area contributed by atoms with Crippen LogP contribution in [0.15, 0.2) is 59.1 Å². The second-order valence-electron chi connectivity index (χ2n) is 3.52. The number of nitrogens with zero attached hydrogens (tertiary/aromatic N) is 1. The minimum absolute atomic E-state index is 0.114. The molecule has 98 valence electrons. The summed E-state index contributed by atoms with van der Waals surface area (Å²) in [7, 11) is -1.34. The van der Waals surface area contributed by atoms with Crippen LogP contribution in [-0.4, -0.2) is 22.1 Å². The van der Waals surface area contributed by atoms with Gasteiger partial charge < -0.3 is 10.0 Å². The summed E-state index contributed by atoms with van der Waals surface area (Å²) in [5, 5.41) is 27.3. The maximum absolute atomic E-state index is 10.1. The molecule has 0 atom stereocenters. The Morgan fingerprint density at radius 3 is 1.89 bits per heavy atom. The number of hydrogen-bond acceptors (Lipinski definition) is 4. The molecule has 0 saturated heterocycles. The van der Waals surface area contributed by atoms with Gasteiger partial charge in [-0.05, 0) is 17.6 Å². The molecule has 2 rings (SSSR count). The van der Waals surface area contributed by atoms with Crippen molar-refractivity contribution in [3.8, 4) is 0 Å². The Morgan fingerprint density at radius 2 is 1.53 bits per heavy atom. The van der Waals surface area contributed by atoms with Crippen LogP contribution in [0, 0.1) is 10.1 Å². The van der Waals surface area contributed by atoms with Gasteiger partial charge in [0, 0.05) is 16.6 Å². The molecule has 0 aromatic heterocycles. The number of rotatable bonds is 2. The van der Waals surface area contributed by atoms with Crippen LogP contribution in [0.4, 0.5) is 5.69 Å². The Bertz CT molecular complexity index is 519. The van der Waals surface area contributed by atoms with Crippen LogP contribution in [0.5, 0.6) is 0 Å². The van der Waals surface area contributed by atoms with Gasteiger partial charge in [0.1, 0.15) is 0 Å². The van der Waals surface area contributed by atoms with Gasteiger partial charge in [-0.2, -0.15) is 0 Å². The van der Waals surface area contributed by atoms with Gasteiger partial charge in [0.2, 0.25) is 0 Å². The molecule has 2 aromatic carbocycles. The number of benzene rings is 2. The summed E-state index contributed by atoms with van der Waals surface area (Å²) in [6.45, 7) is 0. The molecular formula is C12H11BBrNO4. The third-order valence-corrected chi connectivity index (χ3v) is 2.66. The molecule has 0 spiro atoms. The second-order valence-corrected chi connectivity index (χ2v) is 4.43. The van der Waals surface area contributed by atoms with E-state index in [9.17, 15) is 10.1 Å². The van der Waals surface area contributed by atoms with Gasteiger partial charge in [-0.1, -0.05) is 46.3 Å². The summed E-state index contributed by atoms with van der Waals surface area (Å²) in [4.78, 5) is 9.68. The molecule has 0 aliphatic heterocycles. The van der Waals surface area contributed by atoms with E-state index in [2.05, 4.69) is 15.9 Å². The Balaban J connectivity index is 0.000000191. The lowest BCUT2D eigenvalue weighted by atomic mass is 9.81. The summed E-state index contributed by atoms with van der Waals surface area (Å²) in [6, 6.07) is 14.8. The fourth-order valence-electron chi connectivity index (χ4n) is 1.19. The minimum Gasteiger partial charge on any atom is -0.423 e. The number of hydrogen-bond donors (Lipinski definition) is 2. The molecular weight excluding hydrogens is 313 g/mol. The topological polar surface area (TPSA) is 83.6 Å². The largest absolute Gasteiger partial charge is 0.488 e. The quantitative estimate of drug-likeness (QED) is 0.501. The van der Waals surface area contributed by atoms with Crippen LogP contribution in [0.25, 0.3) is 0 Å². The zero-order valence-corrected chi connectivity index (χ0v) is 11.4. The molecule has 7 heteroatoms. The molecule has 0 fully saturated rings. The normalized spacial score (nSPS) is 9.21. The number of non-ortho nitro benzene ring substituents is 1. The van der Waals surface area contributed by atoms with E-state index in [-0.39, 0.29) is 5.69 Å². The van der Waals surface area contributed by atoms with Crippen molar-refractivity contribution < 1.29 is 15.0 Å². The third kappa shape index (κ3) is 5.65. The average Bonchev–Trinajstić information content (AvgIpc) is 2.41. The third-order valence-electron chi connectivity index (χ3n) is 2.14. The first-order chi connectivity index (χ1) is 9.00. The van der Waals surface area contributed by atoms with Crippen molar-refractivity contribution in [1.82, 2.24) is 0 Å². The van der Waals surface area contributed by atoms with Gasteiger partial charge in [0.05, 0.1) is 4.92 Å². The number of halogens is 1. The highest BCUT2D eigenvalue weighted by Crippen LogP contribution is 2.15. The average molecular weight is 324 g/mol. The molecule has 0 saturated carbocycles. The summed E-state index contributed by atoms with van der Waals surface area (Å²) < 4.78 is 0.845. The predicted octanol–water partition coefficient (Wildman–Crippen LogP) is 1.72. The van der Waals surface area contributed by atoms with Crippen molar-refractivity contribution in [2.45, 2.75) is 0 Å². The first-order valence-electron chi connectivity index (χ1n) is 5.31. The predicted molar refractivity (Wildman–Crippen MR) is 77.1 cm³/mol. The minimum atomic E-state index is -1.34. The van der Waals surface area contributed by atoms with Gasteiger partial charge in [0.15, 0.2) is 0 Å². The Hall–Kier alpha value is -1.70. The highest BCUT2D eigenvalue weighted by Gasteiger charge is 2.07. The number of nitro benzene ring substituents is 1. The van der Waals surface area contributed by atoms with Crippen molar-refractivity contribution >= 4 is 34.2 Å². The maximum Gasteiger partial charge on any atom is 0.488 e. The van der Waals surface area contributed by atoms with Crippen molar-refractivity contribution in [3.63, 3.8) is 0 Å². The summed E-state index contributed by atoms with van der Waals surface area (Å²) in [5.41, 5.74) is 0.640. The molecule has 0 amide bonds. The van der Waals surface area contributed by atoms with Gasteiger partial charge in [-0.15, -0.1) is 0 Å². The molecule has 19 heavy (non-hydrogen) atoms. The van der Waals surface area contributed by atoms with Crippen molar-refractivity contribution in [3.05, 3.63) is 69.2 Å². The zero-order valence-electron chi connectivity index (χ0n) is 9.81. The highest BCUT2D eigenvalue weighted by atomic mass is 79.9. The molecule has 2 N–H and O–H groups in total. The molecule has 0 radical (unpaired) electrons. The molecule has 0 aliphatic carbocycles. The van der Waals surface area contributed by atoms with Crippen LogP contribution in [0.2, 0.25) is 0 Å². The summed E-state index contributed by atoms with van der Waals surface area (Å²) >= 11 is 3.17. The van der Waals surface area contributed by atoms with Gasteiger partial charge in [-0.25, -0.2) is 0 Å². The molecule has 0 bridgehead atoms. The molecule has 0 heterocycles. The monoisotopic (exact) mass is 323 g/mol. The molecule has 5 nitrogen and oxygen atoms in total. The molecule has 2 aromatic rings. The lowest BCUT2D eigenvalue weighted by Crippen LogP contribution is -2.29. The first kappa shape index (κ1) is 15.4. The molecule has 0 unspecified atom stereocenters.